The van der Waals surface area contributed by atoms with E-state index >= 15 is 0 Å². The van der Waals surface area contributed by atoms with Crippen molar-refractivity contribution in [2.45, 2.75) is 5.92 Å². The molecule has 55 valence electrons. The molecular weight excluding hydrogens is 139 g/mol. The first kappa shape index (κ1) is 6.59. The van der Waals surface area contributed by atoms with Crippen molar-refractivity contribution in [3.63, 3.8) is 0 Å². The lowest BCUT2D eigenvalue weighted by Gasteiger charge is -2.03. The molecule has 1 heteroatoms. The largest absolute Gasteiger partial charge is 0.250 e. The molecule has 0 bridgehead atoms. The molecule has 0 aliphatic heterocycles. The summed E-state index contributed by atoms with van der Waals surface area (Å²) in [6, 6.07) is 7.79. The Labute approximate surface area is 65.4 Å². The van der Waals surface area contributed by atoms with Crippen molar-refractivity contribution in [2.75, 3.05) is 6.67 Å². The van der Waals surface area contributed by atoms with Gasteiger partial charge in [0, 0.05) is 5.92 Å². The van der Waals surface area contributed by atoms with E-state index in [0.717, 1.165) is 11.1 Å². The third-order valence-corrected chi connectivity index (χ3v) is 1.97. The minimum absolute atomic E-state index is 0.0498. The molecule has 0 nitrogen and oxygen atoms in total. The summed E-state index contributed by atoms with van der Waals surface area (Å²) in [4.78, 5) is 0. The second kappa shape index (κ2) is 2.50. The van der Waals surface area contributed by atoms with Crippen LogP contribution in [0.3, 0.4) is 0 Å². The van der Waals surface area contributed by atoms with Crippen LogP contribution in [-0.2, 0) is 0 Å². The van der Waals surface area contributed by atoms with E-state index in [1.807, 2.05) is 24.3 Å². The van der Waals surface area contributed by atoms with E-state index in [1.165, 1.54) is 0 Å². The maximum Gasteiger partial charge on any atom is 0.0998 e. The van der Waals surface area contributed by atoms with E-state index in [1.54, 1.807) is 6.08 Å². The van der Waals surface area contributed by atoms with E-state index in [2.05, 4.69) is 6.08 Å². The van der Waals surface area contributed by atoms with Gasteiger partial charge in [-0.3, -0.25) is 4.39 Å². The van der Waals surface area contributed by atoms with Gasteiger partial charge in [-0.25, -0.2) is 0 Å². The Bertz CT molecular complexity index is 289. The average Bonchev–Trinajstić information content (AvgIpc) is 2.47. The molecule has 0 fully saturated rings. The van der Waals surface area contributed by atoms with Gasteiger partial charge in [0.05, 0.1) is 6.67 Å². The summed E-state index contributed by atoms with van der Waals surface area (Å²) in [7, 11) is 0. The Morgan fingerprint density at radius 2 is 2.18 bits per heavy atom. The highest BCUT2D eigenvalue weighted by Gasteiger charge is 2.15. The Hall–Kier alpha value is -1.11. The van der Waals surface area contributed by atoms with Crippen LogP contribution in [0, 0.1) is 6.08 Å². The fourth-order valence-electron chi connectivity index (χ4n) is 1.36. The fraction of sp³-hybridized carbons (Fsp3) is 0.200. The van der Waals surface area contributed by atoms with Crippen LogP contribution >= 0.6 is 0 Å². The van der Waals surface area contributed by atoms with Crippen molar-refractivity contribution in [2.24, 2.45) is 0 Å². The Morgan fingerprint density at radius 3 is 3.00 bits per heavy atom. The predicted molar refractivity (Wildman–Crippen MR) is 42.1 cm³/mol. The molecule has 0 N–H and O–H groups in total. The third-order valence-electron chi connectivity index (χ3n) is 1.97. The maximum absolute atomic E-state index is 12.3. The lowest BCUT2D eigenvalue weighted by molar-refractivity contribution is 0.469. The number of benzene rings is 1. The van der Waals surface area contributed by atoms with E-state index < -0.39 is 0 Å². The van der Waals surface area contributed by atoms with Crippen LogP contribution in [0.4, 0.5) is 4.39 Å². The van der Waals surface area contributed by atoms with Gasteiger partial charge in [-0.05, 0) is 17.2 Å². The van der Waals surface area contributed by atoms with Gasteiger partial charge >= 0.3 is 0 Å². The summed E-state index contributed by atoms with van der Waals surface area (Å²) in [6.07, 6.45) is 4.83. The first-order valence-electron chi connectivity index (χ1n) is 3.66. The molecule has 1 radical (unpaired) electrons. The van der Waals surface area contributed by atoms with Crippen molar-refractivity contribution in [3.05, 3.63) is 47.5 Å². The molecule has 1 unspecified atom stereocenters. The van der Waals surface area contributed by atoms with Gasteiger partial charge in [0.15, 0.2) is 0 Å². The number of fused-ring (bicyclic) bond motifs is 1. The molecule has 1 aromatic carbocycles. The van der Waals surface area contributed by atoms with Crippen LogP contribution in [-0.4, -0.2) is 6.67 Å². The lowest BCUT2D eigenvalue weighted by Crippen LogP contribution is -1.93. The molecular formula is C10H8F. The highest BCUT2D eigenvalue weighted by Crippen LogP contribution is 2.27. The first-order chi connectivity index (χ1) is 5.42. The minimum Gasteiger partial charge on any atom is -0.250 e. The molecule has 11 heavy (non-hydrogen) atoms. The third kappa shape index (κ3) is 0.967. The van der Waals surface area contributed by atoms with Gasteiger partial charge in [-0.1, -0.05) is 30.3 Å². The number of rotatable bonds is 1. The molecule has 0 heterocycles. The number of halogens is 1. The number of allylic oxidation sites excluding steroid dienone is 1. The molecule has 1 atom stereocenters. The smallest absolute Gasteiger partial charge is 0.0998 e. The zero-order valence-electron chi connectivity index (χ0n) is 6.05. The van der Waals surface area contributed by atoms with Gasteiger partial charge in [0.25, 0.3) is 0 Å². The van der Waals surface area contributed by atoms with Gasteiger partial charge in [0.2, 0.25) is 0 Å². The SMILES string of the molecule is FCC1C=[C]c2ccccc21. The standard InChI is InChI=1S/C10H8F/c11-7-9-6-5-8-3-1-2-4-10(8)9/h1-4,6,9H,7H2. The summed E-state index contributed by atoms with van der Waals surface area (Å²) in [6.45, 7) is -0.315. The van der Waals surface area contributed by atoms with Crippen LogP contribution in [0.25, 0.3) is 0 Å². The Balaban J connectivity index is 2.46. The summed E-state index contributed by atoms with van der Waals surface area (Å²) in [5.41, 5.74) is 2.10. The topological polar surface area (TPSA) is 0 Å². The molecule has 0 saturated heterocycles. The van der Waals surface area contributed by atoms with Crippen molar-refractivity contribution in [3.8, 4) is 0 Å². The quantitative estimate of drug-likeness (QED) is 0.572. The van der Waals surface area contributed by atoms with Crippen molar-refractivity contribution in [1.29, 1.82) is 0 Å². The van der Waals surface area contributed by atoms with Crippen LogP contribution in [0.5, 0.6) is 0 Å². The zero-order chi connectivity index (χ0) is 7.68. The summed E-state index contributed by atoms with van der Waals surface area (Å²) in [5.74, 6) is -0.0498. The molecule has 1 aliphatic rings. The monoisotopic (exact) mass is 147 g/mol. The Kier molecular flexibility index (Phi) is 1.50. The second-order valence-corrected chi connectivity index (χ2v) is 2.66. The summed E-state index contributed by atoms with van der Waals surface area (Å²) >= 11 is 0. The summed E-state index contributed by atoms with van der Waals surface area (Å²) < 4.78 is 12.3. The van der Waals surface area contributed by atoms with Crippen LogP contribution in [0.2, 0.25) is 0 Å². The van der Waals surface area contributed by atoms with E-state index in [4.69, 9.17) is 0 Å². The minimum atomic E-state index is -0.315. The van der Waals surface area contributed by atoms with Crippen LogP contribution in [0.1, 0.15) is 17.0 Å². The van der Waals surface area contributed by atoms with E-state index in [-0.39, 0.29) is 12.6 Å². The van der Waals surface area contributed by atoms with Crippen molar-refractivity contribution >= 4 is 0 Å². The molecule has 0 spiro atoms. The van der Waals surface area contributed by atoms with Crippen molar-refractivity contribution < 1.29 is 4.39 Å². The molecule has 0 aromatic heterocycles. The maximum atomic E-state index is 12.3. The number of alkyl halides is 1. The van der Waals surface area contributed by atoms with Gasteiger partial charge < -0.3 is 0 Å². The number of hydrogen-bond donors (Lipinski definition) is 0. The highest BCUT2D eigenvalue weighted by molar-refractivity contribution is 5.42. The Morgan fingerprint density at radius 1 is 1.36 bits per heavy atom. The van der Waals surface area contributed by atoms with Crippen molar-refractivity contribution in [1.82, 2.24) is 0 Å². The fourth-order valence-corrected chi connectivity index (χ4v) is 1.36. The molecule has 2 rings (SSSR count). The van der Waals surface area contributed by atoms with E-state index in [9.17, 15) is 4.39 Å². The van der Waals surface area contributed by atoms with Crippen LogP contribution < -0.4 is 0 Å². The van der Waals surface area contributed by atoms with Crippen LogP contribution in [0.15, 0.2) is 30.3 Å². The molecule has 1 aliphatic carbocycles. The first-order valence-corrected chi connectivity index (χ1v) is 3.66. The molecule has 1 aromatic rings. The molecule has 0 amide bonds. The van der Waals surface area contributed by atoms with Gasteiger partial charge in [0.1, 0.15) is 0 Å². The van der Waals surface area contributed by atoms with Gasteiger partial charge in [-0.2, -0.15) is 0 Å². The lowest BCUT2D eigenvalue weighted by atomic mass is 10.0. The second-order valence-electron chi connectivity index (χ2n) is 2.66. The number of hydrogen-bond acceptors (Lipinski definition) is 0. The normalized spacial score (nSPS) is 20.3. The van der Waals surface area contributed by atoms with E-state index in [0.29, 0.717) is 0 Å². The molecule has 0 saturated carbocycles. The summed E-state index contributed by atoms with van der Waals surface area (Å²) in [5, 5.41) is 0. The zero-order valence-corrected chi connectivity index (χ0v) is 6.05. The van der Waals surface area contributed by atoms with Gasteiger partial charge in [-0.15, -0.1) is 0 Å². The predicted octanol–water partition coefficient (Wildman–Crippen LogP) is 2.46. The highest BCUT2D eigenvalue weighted by atomic mass is 19.1. The average molecular weight is 147 g/mol.